The molecule has 29 heavy (non-hydrogen) atoms. The topological polar surface area (TPSA) is 44.1 Å². The molecule has 4 aromatic rings. The molecular weight excluding hydrogens is 380 g/mol. The minimum Gasteiger partial charge on any atom is -0.488 e. The van der Waals surface area contributed by atoms with Gasteiger partial charge in [0, 0.05) is 17.3 Å². The van der Waals surface area contributed by atoms with E-state index in [4.69, 9.17) is 9.84 Å². The average molecular weight is 398 g/mol. The Labute approximate surface area is 172 Å². The van der Waals surface area contributed by atoms with E-state index in [1.54, 1.807) is 11.3 Å². The maximum Gasteiger partial charge on any atom is 0.196 e. The van der Waals surface area contributed by atoms with Crippen LogP contribution in [0.1, 0.15) is 21.5 Å². The quantitative estimate of drug-likeness (QED) is 0.437. The minimum absolute atomic E-state index is 0.0137. The third-order valence-electron chi connectivity index (χ3n) is 4.87. The van der Waals surface area contributed by atoms with E-state index in [-0.39, 0.29) is 12.4 Å². The summed E-state index contributed by atoms with van der Waals surface area (Å²) in [5.74, 6) is 0.660. The van der Waals surface area contributed by atoms with Crippen molar-refractivity contribution in [1.82, 2.24) is 9.78 Å². The number of para-hydroxylation sites is 1. The Balaban J connectivity index is 1.54. The van der Waals surface area contributed by atoms with E-state index in [1.807, 2.05) is 70.9 Å². The molecule has 5 heteroatoms. The molecule has 0 radical (unpaired) electrons. The molecule has 0 aliphatic carbocycles. The van der Waals surface area contributed by atoms with Gasteiger partial charge in [-0.25, -0.2) is 0 Å². The normalized spacial score (nSPS) is 14.6. The molecule has 0 saturated carbocycles. The van der Waals surface area contributed by atoms with Crippen LogP contribution in [0.2, 0.25) is 0 Å². The fourth-order valence-electron chi connectivity index (χ4n) is 3.47. The lowest BCUT2D eigenvalue weighted by Gasteiger charge is -2.18. The van der Waals surface area contributed by atoms with Crippen LogP contribution in [0.5, 0.6) is 5.75 Å². The highest BCUT2D eigenvalue weighted by atomic mass is 32.1. The lowest BCUT2D eigenvalue weighted by atomic mass is 9.98. The van der Waals surface area contributed by atoms with Crippen molar-refractivity contribution >= 4 is 23.2 Å². The summed E-state index contributed by atoms with van der Waals surface area (Å²) in [7, 11) is 0. The van der Waals surface area contributed by atoms with E-state index < -0.39 is 0 Å². The molecule has 0 atom stereocenters. The Morgan fingerprint density at radius 1 is 1.03 bits per heavy atom. The summed E-state index contributed by atoms with van der Waals surface area (Å²) in [6, 6.07) is 21.7. The van der Waals surface area contributed by atoms with E-state index in [0.717, 1.165) is 16.1 Å². The van der Waals surface area contributed by atoms with E-state index in [2.05, 4.69) is 18.2 Å². The van der Waals surface area contributed by atoms with Gasteiger partial charge < -0.3 is 4.74 Å². The van der Waals surface area contributed by atoms with Crippen molar-refractivity contribution in [2.75, 3.05) is 6.61 Å². The third kappa shape index (κ3) is 3.52. The lowest BCUT2D eigenvalue weighted by Crippen LogP contribution is -2.18. The zero-order valence-corrected chi connectivity index (χ0v) is 16.4. The number of ether oxygens (including phenoxy) is 1. The molecule has 2 aromatic carbocycles. The lowest BCUT2D eigenvalue weighted by molar-refractivity contribution is 0.100. The fourth-order valence-corrected chi connectivity index (χ4v) is 4.20. The van der Waals surface area contributed by atoms with Gasteiger partial charge in [-0.3, -0.25) is 9.48 Å². The molecule has 3 heterocycles. The molecule has 0 N–H and O–H groups in total. The number of carbonyl (C=O) groups excluding carboxylic acids is 1. The summed E-state index contributed by atoms with van der Waals surface area (Å²) in [6.45, 7) is 0.944. The number of rotatable bonds is 4. The zero-order valence-electron chi connectivity index (χ0n) is 15.6. The number of hydrogen-bond acceptors (Lipinski definition) is 4. The molecule has 1 aliphatic heterocycles. The molecule has 142 valence electrons. The largest absolute Gasteiger partial charge is 0.488 e. The minimum atomic E-state index is 0.0137. The van der Waals surface area contributed by atoms with Gasteiger partial charge in [0.2, 0.25) is 0 Å². The Bertz CT molecular complexity index is 1190. The van der Waals surface area contributed by atoms with Crippen LogP contribution >= 0.6 is 11.3 Å². The van der Waals surface area contributed by atoms with Crippen molar-refractivity contribution in [3.63, 3.8) is 0 Å². The van der Waals surface area contributed by atoms with Gasteiger partial charge in [-0.15, -0.1) is 11.3 Å². The summed E-state index contributed by atoms with van der Waals surface area (Å²) >= 11 is 1.64. The molecule has 1 aliphatic rings. The van der Waals surface area contributed by atoms with Crippen LogP contribution in [0.25, 0.3) is 16.6 Å². The highest BCUT2D eigenvalue weighted by molar-refractivity contribution is 7.13. The molecule has 0 bridgehead atoms. The number of Topliss-reactive ketones (excluding diaryl/α,β-unsaturated/α-hetero) is 1. The first-order valence-electron chi connectivity index (χ1n) is 9.40. The summed E-state index contributed by atoms with van der Waals surface area (Å²) in [6.07, 6.45) is 3.92. The molecule has 0 amide bonds. The molecule has 0 spiro atoms. The predicted molar refractivity (Wildman–Crippen MR) is 115 cm³/mol. The van der Waals surface area contributed by atoms with Crippen molar-refractivity contribution in [3.05, 3.63) is 101 Å². The van der Waals surface area contributed by atoms with Crippen LogP contribution in [0.4, 0.5) is 0 Å². The number of benzene rings is 2. The number of nitrogens with zero attached hydrogens (tertiary/aromatic N) is 2. The van der Waals surface area contributed by atoms with Crippen LogP contribution in [-0.2, 0) is 6.54 Å². The predicted octanol–water partition coefficient (Wildman–Crippen LogP) is 5.32. The summed E-state index contributed by atoms with van der Waals surface area (Å²) < 4.78 is 7.73. The summed E-state index contributed by atoms with van der Waals surface area (Å²) in [4.78, 5) is 14.0. The van der Waals surface area contributed by atoms with Crippen molar-refractivity contribution in [1.29, 1.82) is 0 Å². The van der Waals surface area contributed by atoms with Crippen molar-refractivity contribution in [2.24, 2.45) is 0 Å². The van der Waals surface area contributed by atoms with Gasteiger partial charge >= 0.3 is 0 Å². The second-order valence-corrected chi connectivity index (χ2v) is 7.82. The SMILES string of the molecule is O=C1/C(=C/c2cn(Cc3ccccc3)nc2-c2cccs2)COc2ccccc21. The van der Waals surface area contributed by atoms with Crippen LogP contribution in [0.3, 0.4) is 0 Å². The Kier molecular flexibility index (Phi) is 4.58. The Morgan fingerprint density at radius 3 is 2.69 bits per heavy atom. The van der Waals surface area contributed by atoms with E-state index in [0.29, 0.717) is 23.4 Å². The van der Waals surface area contributed by atoms with Gasteiger partial charge in [0.15, 0.2) is 5.78 Å². The van der Waals surface area contributed by atoms with Crippen molar-refractivity contribution in [2.45, 2.75) is 6.54 Å². The van der Waals surface area contributed by atoms with E-state index >= 15 is 0 Å². The van der Waals surface area contributed by atoms with Gasteiger partial charge in [-0.2, -0.15) is 5.10 Å². The fraction of sp³-hybridized carbons (Fsp3) is 0.0833. The molecule has 5 rings (SSSR count). The van der Waals surface area contributed by atoms with Crippen LogP contribution in [0, 0.1) is 0 Å². The summed E-state index contributed by atoms with van der Waals surface area (Å²) in [5, 5.41) is 6.85. The van der Waals surface area contributed by atoms with Crippen LogP contribution < -0.4 is 4.74 Å². The first-order chi connectivity index (χ1) is 14.3. The molecule has 2 aromatic heterocycles. The van der Waals surface area contributed by atoms with Gasteiger partial charge in [0.05, 0.1) is 17.0 Å². The standard InChI is InChI=1S/C24H18N2O2S/c27-24-19(16-28-21-10-5-4-9-20(21)24)13-18-15-26(14-17-7-2-1-3-8-17)25-23(18)22-11-6-12-29-22/h1-13,15H,14,16H2/b19-13+. The smallest absolute Gasteiger partial charge is 0.196 e. The van der Waals surface area contributed by atoms with E-state index in [9.17, 15) is 4.79 Å². The van der Waals surface area contributed by atoms with Gasteiger partial charge in [-0.05, 0) is 35.2 Å². The van der Waals surface area contributed by atoms with Crippen molar-refractivity contribution in [3.8, 4) is 16.3 Å². The average Bonchev–Trinajstić information content (AvgIpc) is 3.41. The first kappa shape index (κ1) is 17.6. The number of fused-ring (bicyclic) bond motifs is 1. The Morgan fingerprint density at radius 2 is 1.86 bits per heavy atom. The van der Waals surface area contributed by atoms with Crippen LogP contribution in [0.15, 0.2) is 83.9 Å². The number of aromatic nitrogens is 2. The summed E-state index contributed by atoms with van der Waals surface area (Å²) in [5.41, 5.74) is 4.24. The maximum atomic E-state index is 12.9. The van der Waals surface area contributed by atoms with Crippen molar-refractivity contribution < 1.29 is 9.53 Å². The highest BCUT2D eigenvalue weighted by Crippen LogP contribution is 2.31. The molecule has 4 nitrogen and oxygen atoms in total. The van der Waals surface area contributed by atoms with E-state index in [1.165, 1.54) is 5.56 Å². The molecule has 0 unspecified atom stereocenters. The van der Waals surface area contributed by atoms with Gasteiger partial charge in [0.25, 0.3) is 0 Å². The first-order valence-corrected chi connectivity index (χ1v) is 10.3. The molecular formula is C24H18N2O2S. The Hall–Kier alpha value is -3.44. The monoisotopic (exact) mass is 398 g/mol. The highest BCUT2D eigenvalue weighted by Gasteiger charge is 2.23. The number of hydrogen-bond donors (Lipinski definition) is 0. The second kappa shape index (κ2) is 7.53. The zero-order chi connectivity index (χ0) is 19.6. The third-order valence-corrected chi connectivity index (χ3v) is 5.74. The number of ketones is 1. The van der Waals surface area contributed by atoms with Crippen LogP contribution in [-0.4, -0.2) is 22.2 Å². The second-order valence-electron chi connectivity index (χ2n) is 6.88. The molecule has 0 fully saturated rings. The van der Waals surface area contributed by atoms with Gasteiger partial charge in [0.1, 0.15) is 18.1 Å². The maximum absolute atomic E-state index is 12.9. The number of thiophene rings is 1. The van der Waals surface area contributed by atoms with Gasteiger partial charge in [-0.1, -0.05) is 48.5 Å². The molecule has 0 saturated heterocycles. The number of carbonyl (C=O) groups is 1.